The summed E-state index contributed by atoms with van der Waals surface area (Å²) in [5.74, 6) is 0.838. The lowest BCUT2D eigenvalue weighted by molar-refractivity contribution is 0.00172. The van der Waals surface area contributed by atoms with Gasteiger partial charge in [-0.25, -0.2) is 0 Å². The fourth-order valence-corrected chi connectivity index (χ4v) is 3.06. The van der Waals surface area contributed by atoms with Crippen LogP contribution in [0.1, 0.15) is 50.2 Å². The SMILES string of the molecule is CCC1CCCC(OCc2ccccc2C(N)=S)C1. The van der Waals surface area contributed by atoms with E-state index in [2.05, 4.69) is 13.0 Å². The molecule has 2 rings (SSSR count). The van der Waals surface area contributed by atoms with Gasteiger partial charge in [-0.3, -0.25) is 0 Å². The van der Waals surface area contributed by atoms with Crippen molar-refractivity contribution in [1.29, 1.82) is 0 Å². The maximum atomic E-state index is 6.08. The minimum Gasteiger partial charge on any atom is -0.389 e. The van der Waals surface area contributed by atoms with Gasteiger partial charge in [-0.2, -0.15) is 0 Å². The number of rotatable bonds is 5. The smallest absolute Gasteiger partial charge is 0.104 e. The first kappa shape index (κ1) is 14.5. The fourth-order valence-electron chi connectivity index (χ4n) is 2.86. The van der Waals surface area contributed by atoms with Gasteiger partial charge in [-0.05, 0) is 24.3 Å². The Labute approximate surface area is 121 Å². The van der Waals surface area contributed by atoms with E-state index >= 15 is 0 Å². The molecule has 104 valence electrons. The molecule has 0 aromatic heterocycles. The highest BCUT2D eigenvalue weighted by atomic mass is 32.1. The van der Waals surface area contributed by atoms with Crippen LogP contribution in [0.4, 0.5) is 0 Å². The predicted octanol–water partition coefficient (Wildman–Crippen LogP) is 3.81. The summed E-state index contributed by atoms with van der Waals surface area (Å²) >= 11 is 5.08. The average Bonchev–Trinajstić information content (AvgIpc) is 2.45. The molecule has 1 fully saturated rings. The molecule has 2 atom stereocenters. The Morgan fingerprint density at radius 3 is 2.89 bits per heavy atom. The Morgan fingerprint density at radius 2 is 2.16 bits per heavy atom. The standard InChI is InChI=1S/C16H23NOS/c1-2-12-6-5-8-14(10-12)18-11-13-7-3-4-9-15(13)16(17)19/h3-4,7,9,12,14H,2,5-6,8,10-11H2,1H3,(H2,17,19). The summed E-state index contributed by atoms with van der Waals surface area (Å²) in [7, 11) is 0. The van der Waals surface area contributed by atoms with E-state index in [1.165, 1.54) is 32.1 Å². The van der Waals surface area contributed by atoms with Gasteiger partial charge in [0.25, 0.3) is 0 Å². The highest BCUT2D eigenvalue weighted by Crippen LogP contribution is 2.29. The highest BCUT2D eigenvalue weighted by Gasteiger charge is 2.21. The number of nitrogens with two attached hydrogens (primary N) is 1. The van der Waals surface area contributed by atoms with Crippen LogP contribution in [0, 0.1) is 5.92 Å². The number of ether oxygens (including phenoxy) is 1. The molecule has 1 aliphatic carbocycles. The van der Waals surface area contributed by atoms with E-state index in [-0.39, 0.29) is 0 Å². The number of benzene rings is 1. The van der Waals surface area contributed by atoms with Gasteiger partial charge in [-0.1, -0.05) is 62.7 Å². The van der Waals surface area contributed by atoms with Crippen molar-refractivity contribution in [2.75, 3.05) is 0 Å². The van der Waals surface area contributed by atoms with Crippen molar-refractivity contribution < 1.29 is 4.74 Å². The molecule has 0 saturated heterocycles. The van der Waals surface area contributed by atoms with Gasteiger partial charge >= 0.3 is 0 Å². The van der Waals surface area contributed by atoms with Gasteiger partial charge in [0.05, 0.1) is 12.7 Å². The summed E-state index contributed by atoms with van der Waals surface area (Å²) in [6, 6.07) is 7.99. The zero-order valence-electron chi connectivity index (χ0n) is 11.6. The maximum absolute atomic E-state index is 6.08. The Hall–Kier alpha value is -0.930. The molecule has 1 aliphatic rings. The number of hydrogen-bond acceptors (Lipinski definition) is 2. The molecule has 2 N–H and O–H groups in total. The van der Waals surface area contributed by atoms with Crippen molar-refractivity contribution >= 4 is 17.2 Å². The van der Waals surface area contributed by atoms with E-state index < -0.39 is 0 Å². The average molecular weight is 277 g/mol. The van der Waals surface area contributed by atoms with Crippen LogP contribution in [-0.2, 0) is 11.3 Å². The van der Waals surface area contributed by atoms with Crippen LogP contribution in [0.15, 0.2) is 24.3 Å². The lowest BCUT2D eigenvalue weighted by Crippen LogP contribution is -2.23. The summed E-state index contributed by atoms with van der Waals surface area (Å²) in [6.45, 7) is 2.89. The van der Waals surface area contributed by atoms with E-state index in [4.69, 9.17) is 22.7 Å². The van der Waals surface area contributed by atoms with E-state index in [0.717, 1.165) is 17.0 Å². The molecule has 0 aliphatic heterocycles. The van der Waals surface area contributed by atoms with Gasteiger partial charge < -0.3 is 10.5 Å². The number of thiocarbonyl (C=S) groups is 1. The van der Waals surface area contributed by atoms with E-state index in [1.54, 1.807) is 0 Å². The minimum atomic E-state index is 0.401. The minimum absolute atomic E-state index is 0.401. The summed E-state index contributed by atoms with van der Waals surface area (Å²) in [5.41, 5.74) is 7.79. The first-order valence-electron chi connectivity index (χ1n) is 7.20. The van der Waals surface area contributed by atoms with Gasteiger partial charge in [0.15, 0.2) is 0 Å². The predicted molar refractivity (Wildman–Crippen MR) is 83.2 cm³/mol. The molecule has 3 heteroatoms. The lowest BCUT2D eigenvalue weighted by Gasteiger charge is -2.28. The van der Waals surface area contributed by atoms with E-state index in [1.807, 2.05) is 18.2 Å². The van der Waals surface area contributed by atoms with Crippen molar-refractivity contribution in [3.8, 4) is 0 Å². The molecule has 0 bridgehead atoms. The van der Waals surface area contributed by atoms with Gasteiger partial charge in [0.1, 0.15) is 4.99 Å². The molecule has 2 unspecified atom stereocenters. The van der Waals surface area contributed by atoms with Crippen molar-refractivity contribution in [2.45, 2.75) is 51.7 Å². The van der Waals surface area contributed by atoms with Crippen LogP contribution in [-0.4, -0.2) is 11.1 Å². The molecule has 2 nitrogen and oxygen atoms in total. The fraction of sp³-hybridized carbons (Fsp3) is 0.562. The highest BCUT2D eigenvalue weighted by molar-refractivity contribution is 7.80. The third-order valence-electron chi connectivity index (χ3n) is 4.07. The summed E-state index contributed by atoms with van der Waals surface area (Å²) in [4.78, 5) is 0.453. The molecule has 1 aromatic carbocycles. The molecular formula is C16H23NOS. The van der Waals surface area contributed by atoms with Crippen molar-refractivity contribution in [3.05, 3.63) is 35.4 Å². The maximum Gasteiger partial charge on any atom is 0.104 e. The summed E-state index contributed by atoms with van der Waals surface area (Å²) in [5, 5.41) is 0. The van der Waals surface area contributed by atoms with Crippen LogP contribution >= 0.6 is 12.2 Å². The zero-order valence-corrected chi connectivity index (χ0v) is 12.4. The van der Waals surface area contributed by atoms with Gasteiger partial charge in [0, 0.05) is 5.56 Å². The van der Waals surface area contributed by atoms with E-state index in [0.29, 0.717) is 17.7 Å². The van der Waals surface area contributed by atoms with Crippen LogP contribution in [0.25, 0.3) is 0 Å². The molecule has 0 amide bonds. The molecule has 19 heavy (non-hydrogen) atoms. The molecular weight excluding hydrogens is 254 g/mol. The first-order valence-corrected chi connectivity index (χ1v) is 7.60. The Kier molecular flexibility index (Phi) is 5.34. The third kappa shape index (κ3) is 4.02. The first-order chi connectivity index (χ1) is 9.20. The molecule has 1 aromatic rings. The summed E-state index contributed by atoms with van der Waals surface area (Å²) < 4.78 is 6.08. The second-order valence-electron chi connectivity index (χ2n) is 5.40. The van der Waals surface area contributed by atoms with Crippen LogP contribution in [0.3, 0.4) is 0 Å². The lowest BCUT2D eigenvalue weighted by atomic mass is 9.85. The van der Waals surface area contributed by atoms with Crippen LogP contribution in [0.2, 0.25) is 0 Å². The monoisotopic (exact) mass is 277 g/mol. The third-order valence-corrected chi connectivity index (χ3v) is 4.29. The zero-order chi connectivity index (χ0) is 13.7. The van der Waals surface area contributed by atoms with Crippen molar-refractivity contribution in [2.24, 2.45) is 11.7 Å². The number of hydrogen-bond donors (Lipinski definition) is 1. The van der Waals surface area contributed by atoms with E-state index in [9.17, 15) is 0 Å². The Bertz CT molecular complexity index is 433. The molecule has 1 saturated carbocycles. The van der Waals surface area contributed by atoms with Crippen molar-refractivity contribution in [3.63, 3.8) is 0 Å². The van der Waals surface area contributed by atoms with Crippen molar-refractivity contribution in [1.82, 2.24) is 0 Å². The molecule has 0 spiro atoms. The molecule has 0 radical (unpaired) electrons. The Balaban J connectivity index is 1.93. The van der Waals surface area contributed by atoms with Crippen LogP contribution in [0.5, 0.6) is 0 Å². The normalized spacial score (nSPS) is 23.2. The second kappa shape index (κ2) is 7.01. The molecule has 0 heterocycles. The van der Waals surface area contributed by atoms with Gasteiger partial charge in [-0.15, -0.1) is 0 Å². The summed E-state index contributed by atoms with van der Waals surface area (Å²) in [6.07, 6.45) is 6.71. The second-order valence-corrected chi connectivity index (χ2v) is 5.84. The Morgan fingerprint density at radius 1 is 1.37 bits per heavy atom. The quantitative estimate of drug-likeness (QED) is 0.831. The van der Waals surface area contributed by atoms with Gasteiger partial charge in [0.2, 0.25) is 0 Å². The topological polar surface area (TPSA) is 35.2 Å². The largest absolute Gasteiger partial charge is 0.389 e. The van der Waals surface area contributed by atoms with Crippen LogP contribution < -0.4 is 5.73 Å².